The Kier molecular flexibility index (Phi) is 7.89. The van der Waals surface area contributed by atoms with Crippen molar-refractivity contribution in [1.29, 1.82) is 0 Å². The number of carbonyl (C=O) groups excluding carboxylic acids is 2. The van der Waals surface area contributed by atoms with Gasteiger partial charge in [-0.05, 0) is 73.7 Å². The van der Waals surface area contributed by atoms with Gasteiger partial charge in [0.05, 0.1) is 6.61 Å². The first-order valence-corrected chi connectivity index (χ1v) is 11.0. The number of hydrogen-bond donors (Lipinski definition) is 1. The van der Waals surface area contributed by atoms with Crippen LogP contribution < -0.4 is 10.1 Å². The highest BCUT2D eigenvalue weighted by molar-refractivity contribution is 6.04. The summed E-state index contributed by atoms with van der Waals surface area (Å²) in [6.45, 7) is 6.65. The van der Waals surface area contributed by atoms with Crippen LogP contribution in [-0.4, -0.2) is 36.4 Å². The van der Waals surface area contributed by atoms with Crippen molar-refractivity contribution in [2.24, 2.45) is 5.92 Å². The molecule has 160 valence electrons. The number of rotatable bonds is 7. The second-order valence-corrected chi connectivity index (χ2v) is 8.29. The van der Waals surface area contributed by atoms with Crippen LogP contribution in [0, 0.1) is 5.92 Å². The summed E-state index contributed by atoms with van der Waals surface area (Å²) < 4.78 is 5.70. The second kappa shape index (κ2) is 10.8. The summed E-state index contributed by atoms with van der Waals surface area (Å²) in [6, 6.07) is 14.3. The monoisotopic (exact) mass is 408 g/mol. The van der Waals surface area contributed by atoms with Crippen LogP contribution in [0.1, 0.15) is 66.7 Å². The third-order valence-corrected chi connectivity index (χ3v) is 5.36. The number of anilines is 1. The Balaban J connectivity index is 1.54. The number of nitrogens with one attached hydrogen (secondary N) is 1. The first-order chi connectivity index (χ1) is 14.5. The third kappa shape index (κ3) is 6.34. The average molecular weight is 409 g/mol. The number of benzene rings is 2. The molecule has 1 aliphatic rings. The Morgan fingerprint density at radius 3 is 2.10 bits per heavy atom. The quantitative estimate of drug-likeness (QED) is 0.669. The van der Waals surface area contributed by atoms with Crippen LogP contribution in [0.2, 0.25) is 0 Å². The predicted octanol–water partition coefficient (Wildman–Crippen LogP) is 5.38. The molecule has 3 rings (SSSR count). The van der Waals surface area contributed by atoms with Crippen molar-refractivity contribution in [3.8, 4) is 5.75 Å². The Hall–Kier alpha value is -2.82. The Labute approximate surface area is 179 Å². The Morgan fingerprint density at radius 2 is 1.50 bits per heavy atom. The molecule has 0 spiro atoms. The van der Waals surface area contributed by atoms with Gasteiger partial charge in [0.2, 0.25) is 0 Å². The summed E-state index contributed by atoms with van der Waals surface area (Å²) in [6.07, 6.45) is 5.53. The summed E-state index contributed by atoms with van der Waals surface area (Å²) in [7, 11) is 0. The Bertz CT molecular complexity index is 820. The highest BCUT2D eigenvalue weighted by Gasteiger charge is 2.17. The van der Waals surface area contributed by atoms with Gasteiger partial charge in [0.25, 0.3) is 11.8 Å². The molecular formula is C25H32N2O3. The van der Waals surface area contributed by atoms with Crippen LogP contribution in [-0.2, 0) is 0 Å². The molecule has 1 fully saturated rings. The van der Waals surface area contributed by atoms with Gasteiger partial charge in [-0.2, -0.15) is 0 Å². The molecule has 30 heavy (non-hydrogen) atoms. The van der Waals surface area contributed by atoms with E-state index < -0.39 is 0 Å². The fraction of sp³-hybridized carbons (Fsp3) is 0.440. The van der Waals surface area contributed by atoms with E-state index in [1.54, 1.807) is 36.4 Å². The van der Waals surface area contributed by atoms with Crippen molar-refractivity contribution in [1.82, 2.24) is 4.90 Å². The minimum absolute atomic E-state index is 0.0721. The van der Waals surface area contributed by atoms with Crippen molar-refractivity contribution in [2.45, 2.75) is 46.0 Å². The molecule has 0 atom stereocenters. The molecule has 2 aromatic carbocycles. The van der Waals surface area contributed by atoms with Gasteiger partial charge >= 0.3 is 0 Å². The van der Waals surface area contributed by atoms with E-state index in [0.29, 0.717) is 29.3 Å². The lowest BCUT2D eigenvalue weighted by molar-refractivity contribution is 0.0761. The van der Waals surface area contributed by atoms with Crippen molar-refractivity contribution < 1.29 is 14.3 Å². The average Bonchev–Trinajstić information content (AvgIpc) is 3.03. The van der Waals surface area contributed by atoms with Crippen LogP contribution >= 0.6 is 0 Å². The highest BCUT2D eigenvalue weighted by Crippen LogP contribution is 2.18. The van der Waals surface area contributed by atoms with Crippen LogP contribution in [0.4, 0.5) is 5.69 Å². The molecule has 0 saturated carbocycles. The standard InChI is InChI=1S/C25H32N2O3/c1-19(2)15-18-30-23-13-9-20(10-14-23)24(28)26-22-11-7-21(8-12-22)25(29)27-16-5-3-4-6-17-27/h7-14,19H,3-6,15-18H2,1-2H3,(H,26,28). The fourth-order valence-electron chi connectivity index (χ4n) is 3.47. The first-order valence-electron chi connectivity index (χ1n) is 11.0. The van der Waals surface area contributed by atoms with E-state index in [9.17, 15) is 9.59 Å². The van der Waals surface area contributed by atoms with Crippen molar-refractivity contribution in [3.05, 3.63) is 59.7 Å². The Morgan fingerprint density at radius 1 is 0.900 bits per heavy atom. The van der Waals surface area contributed by atoms with Crippen LogP contribution in [0.3, 0.4) is 0 Å². The van der Waals surface area contributed by atoms with E-state index in [1.165, 1.54) is 12.8 Å². The third-order valence-electron chi connectivity index (χ3n) is 5.36. The van der Waals surface area contributed by atoms with Gasteiger partial charge < -0.3 is 15.0 Å². The molecule has 0 aliphatic carbocycles. The lowest BCUT2D eigenvalue weighted by atomic mass is 10.1. The van der Waals surface area contributed by atoms with Crippen molar-refractivity contribution in [3.63, 3.8) is 0 Å². The summed E-state index contributed by atoms with van der Waals surface area (Å²) >= 11 is 0. The summed E-state index contributed by atoms with van der Waals surface area (Å²) in [5.74, 6) is 1.25. The van der Waals surface area contributed by atoms with Gasteiger partial charge in [-0.1, -0.05) is 26.7 Å². The van der Waals surface area contributed by atoms with Gasteiger partial charge in [0.15, 0.2) is 0 Å². The van der Waals surface area contributed by atoms with Crippen molar-refractivity contribution in [2.75, 3.05) is 25.0 Å². The van der Waals surface area contributed by atoms with Crippen LogP contribution in [0.5, 0.6) is 5.75 Å². The fourth-order valence-corrected chi connectivity index (χ4v) is 3.47. The number of likely N-dealkylation sites (tertiary alicyclic amines) is 1. The minimum atomic E-state index is -0.185. The molecule has 1 heterocycles. The van der Waals surface area contributed by atoms with Gasteiger partial charge in [0, 0.05) is 29.9 Å². The second-order valence-electron chi connectivity index (χ2n) is 8.29. The van der Waals surface area contributed by atoms with E-state index in [4.69, 9.17) is 4.74 Å². The zero-order valence-electron chi connectivity index (χ0n) is 18.0. The smallest absolute Gasteiger partial charge is 0.255 e. The summed E-state index contributed by atoms with van der Waals surface area (Å²) in [5.41, 5.74) is 1.90. The minimum Gasteiger partial charge on any atom is -0.494 e. The number of nitrogens with zero attached hydrogens (tertiary/aromatic N) is 1. The number of hydrogen-bond acceptors (Lipinski definition) is 3. The van der Waals surface area contributed by atoms with Crippen molar-refractivity contribution >= 4 is 17.5 Å². The lowest BCUT2D eigenvalue weighted by Crippen LogP contribution is -2.31. The molecule has 5 nitrogen and oxygen atoms in total. The summed E-state index contributed by atoms with van der Waals surface area (Å²) in [4.78, 5) is 27.1. The number of amides is 2. The normalized spacial score (nSPS) is 14.3. The van der Waals surface area contributed by atoms with E-state index in [2.05, 4.69) is 19.2 Å². The van der Waals surface area contributed by atoms with E-state index in [-0.39, 0.29) is 11.8 Å². The highest BCUT2D eigenvalue weighted by atomic mass is 16.5. The maximum Gasteiger partial charge on any atom is 0.255 e. The molecule has 0 bridgehead atoms. The molecule has 1 N–H and O–H groups in total. The van der Waals surface area contributed by atoms with Gasteiger partial charge in [-0.25, -0.2) is 0 Å². The predicted molar refractivity (Wildman–Crippen MR) is 120 cm³/mol. The van der Waals surface area contributed by atoms with E-state index >= 15 is 0 Å². The molecule has 2 amide bonds. The molecule has 5 heteroatoms. The van der Waals surface area contributed by atoms with Gasteiger partial charge in [-0.15, -0.1) is 0 Å². The largest absolute Gasteiger partial charge is 0.494 e. The zero-order chi connectivity index (χ0) is 21.3. The van der Waals surface area contributed by atoms with Gasteiger partial charge in [0.1, 0.15) is 5.75 Å². The number of carbonyl (C=O) groups is 2. The van der Waals surface area contributed by atoms with Crippen LogP contribution in [0.25, 0.3) is 0 Å². The molecule has 1 saturated heterocycles. The molecule has 0 aromatic heterocycles. The zero-order valence-corrected chi connectivity index (χ0v) is 18.0. The summed E-state index contributed by atoms with van der Waals surface area (Å²) in [5, 5.41) is 2.89. The molecule has 0 radical (unpaired) electrons. The number of ether oxygens (including phenoxy) is 1. The van der Waals surface area contributed by atoms with E-state index in [1.807, 2.05) is 17.0 Å². The first kappa shape index (κ1) is 21.9. The van der Waals surface area contributed by atoms with Gasteiger partial charge in [-0.3, -0.25) is 9.59 Å². The van der Waals surface area contributed by atoms with Crippen LogP contribution in [0.15, 0.2) is 48.5 Å². The lowest BCUT2D eigenvalue weighted by Gasteiger charge is -2.20. The van der Waals surface area contributed by atoms with E-state index in [0.717, 1.165) is 38.1 Å². The molecular weight excluding hydrogens is 376 g/mol. The maximum atomic E-state index is 12.7. The molecule has 0 unspecified atom stereocenters. The molecule has 2 aromatic rings. The topological polar surface area (TPSA) is 58.6 Å². The maximum absolute atomic E-state index is 12.7. The SMILES string of the molecule is CC(C)CCOc1ccc(C(=O)Nc2ccc(C(=O)N3CCCCCC3)cc2)cc1. The molecule has 1 aliphatic heterocycles.